The van der Waals surface area contributed by atoms with Crippen LogP contribution >= 0.6 is 23.1 Å². The maximum Gasteiger partial charge on any atom is 0.305 e. The Labute approximate surface area is 152 Å². The van der Waals surface area contributed by atoms with Crippen molar-refractivity contribution in [1.82, 2.24) is 14.7 Å². The van der Waals surface area contributed by atoms with Crippen LogP contribution in [-0.2, 0) is 20.1 Å². The van der Waals surface area contributed by atoms with Gasteiger partial charge in [0.15, 0.2) is 4.96 Å². The number of methoxy groups -OCH3 is 1. The van der Waals surface area contributed by atoms with E-state index in [2.05, 4.69) is 10.3 Å². The van der Waals surface area contributed by atoms with Crippen molar-refractivity contribution in [3.63, 3.8) is 0 Å². The second-order valence-electron chi connectivity index (χ2n) is 5.75. The summed E-state index contributed by atoms with van der Waals surface area (Å²) in [5.74, 6) is -0.761. The Hall–Kier alpha value is -1.91. The predicted octanol–water partition coefficient (Wildman–Crippen LogP) is 0.985. The summed E-state index contributed by atoms with van der Waals surface area (Å²) in [5, 5.41) is 13.4. The van der Waals surface area contributed by atoms with Gasteiger partial charge in [-0.05, 0) is 6.92 Å². The van der Waals surface area contributed by atoms with Crippen molar-refractivity contribution < 1.29 is 19.4 Å². The van der Waals surface area contributed by atoms with Gasteiger partial charge in [-0.2, -0.15) is 0 Å². The highest BCUT2D eigenvalue weighted by Crippen LogP contribution is 2.14. The fourth-order valence-electron chi connectivity index (χ4n) is 2.37. The average Bonchev–Trinajstić information content (AvgIpc) is 2.95. The Morgan fingerprint density at radius 3 is 2.96 bits per heavy atom. The number of hydrogen-bond donors (Lipinski definition) is 2. The molecule has 25 heavy (non-hydrogen) atoms. The number of carboxylic acid groups (broad SMARTS) is 1. The molecule has 0 radical (unpaired) electrons. The zero-order valence-electron chi connectivity index (χ0n) is 13.9. The number of ether oxygens (including phenoxy) is 1. The number of rotatable bonds is 9. The molecule has 1 atom stereocenters. The van der Waals surface area contributed by atoms with Crippen molar-refractivity contribution in [3.05, 3.63) is 33.7 Å². The minimum Gasteiger partial charge on any atom is -0.481 e. The second-order valence-corrected chi connectivity index (χ2v) is 7.61. The molecule has 0 saturated heterocycles. The van der Waals surface area contributed by atoms with E-state index in [9.17, 15) is 14.4 Å². The third kappa shape index (κ3) is 5.55. The van der Waals surface area contributed by atoms with Gasteiger partial charge in [-0.25, -0.2) is 4.98 Å². The molecular formula is C15H19N3O5S2. The molecule has 0 aliphatic heterocycles. The van der Waals surface area contributed by atoms with Crippen LogP contribution in [0.4, 0.5) is 0 Å². The van der Waals surface area contributed by atoms with E-state index in [1.165, 1.54) is 40.7 Å². The topological polar surface area (TPSA) is 110 Å². The third-order valence-corrected chi connectivity index (χ3v) is 5.01. The van der Waals surface area contributed by atoms with Crippen molar-refractivity contribution in [2.24, 2.45) is 0 Å². The molecule has 0 aliphatic rings. The molecular weight excluding hydrogens is 366 g/mol. The number of amides is 1. The smallest absolute Gasteiger partial charge is 0.305 e. The molecule has 1 amide bonds. The molecule has 136 valence electrons. The summed E-state index contributed by atoms with van der Waals surface area (Å²) in [6.45, 7) is 1.73. The molecule has 0 bridgehead atoms. The molecule has 0 fully saturated rings. The fourth-order valence-corrected chi connectivity index (χ4v) is 3.82. The van der Waals surface area contributed by atoms with Crippen LogP contribution in [0.1, 0.15) is 19.0 Å². The van der Waals surface area contributed by atoms with Crippen LogP contribution in [0.25, 0.3) is 4.96 Å². The van der Waals surface area contributed by atoms with Crippen LogP contribution in [0.5, 0.6) is 0 Å². The van der Waals surface area contributed by atoms with Gasteiger partial charge in [0.05, 0.1) is 30.0 Å². The van der Waals surface area contributed by atoms with E-state index in [4.69, 9.17) is 9.84 Å². The Morgan fingerprint density at radius 2 is 2.28 bits per heavy atom. The predicted molar refractivity (Wildman–Crippen MR) is 96.2 cm³/mol. The van der Waals surface area contributed by atoms with Crippen LogP contribution in [-0.4, -0.2) is 51.4 Å². The minimum atomic E-state index is -1.01. The fraction of sp³-hybridized carbons (Fsp3) is 0.467. The first-order chi connectivity index (χ1) is 11.8. The third-order valence-electron chi connectivity index (χ3n) is 3.28. The quantitative estimate of drug-likeness (QED) is 0.662. The molecule has 1 unspecified atom stereocenters. The Balaban J connectivity index is 1.90. The zero-order valence-corrected chi connectivity index (χ0v) is 15.5. The van der Waals surface area contributed by atoms with Crippen molar-refractivity contribution in [2.75, 3.05) is 19.5 Å². The highest BCUT2D eigenvalue weighted by atomic mass is 32.2. The van der Waals surface area contributed by atoms with E-state index in [0.29, 0.717) is 16.4 Å². The summed E-state index contributed by atoms with van der Waals surface area (Å²) in [6, 6.07) is 1.45. The van der Waals surface area contributed by atoms with Crippen LogP contribution in [0, 0.1) is 0 Å². The highest BCUT2D eigenvalue weighted by Gasteiger charge is 2.29. The lowest BCUT2D eigenvalue weighted by Crippen LogP contribution is -2.51. The largest absolute Gasteiger partial charge is 0.481 e. The molecule has 10 heteroatoms. The summed E-state index contributed by atoms with van der Waals surface area (Å²) >= 11 is 2.67. The molecule has 2 aromatic heterocycles. The van der Waals surface area contributed by atoms with E-state index >= 15 is 0 Å². The molecule has 2 aromatic rings. The van der Waals surface area contributed by atoms with Crippen molar-refractivity contribution in [2.45, 2.75) is 24.6 Å². The van der Waals surface area contributed by atoms with Crippen molar-refractivity contribution >= 4 is 39.9 Å². The van der Waals surface area contributed by atoms with Crippen LogP contribution < -0.4 is 10.9 Å². The molecule has 2 heterocycles. The summed E-state index contributed by atoms with van der Waals surface area (Å²) in [6.07, 6.45) is 1.43. The number of fused-ring (bicyclic) bond motifs is 1. The second kappa shape index (κ2) is 8.45. The monoisotopic (exact) mass is 385 g/mol. The summed E-state index contributed by atoms with van der Waals surface area (Å²) in [5.41, 5.74) is -0.513. The first kappa shape index (κ1) is 19.4. The number of carbonyl (C=O) groups excluding carboxylic acids is 1. The van der Waals surface area contributed by atoms with E-state index in [-0.39, 0.29) is 30.2 Å². The number of nitrogens with one attached hydrogen (secondary N) is 1. The maximum absolute atomic E-state index is 12.1. The Morgan fingerprint density at radius 1 is 1.52 bits per heavy atom. The van der Waals surface area contributed by atoms with E-state index in [1.807, 2.05) is 0 Å². The molecule has 0 spiro atoms. The lowest BCUT2D eigenvalue weighted by molar-refractivity contribution is -0.139. The highest BCUT2D eigenvalue weighted by molar-refractivity contribution is 7.99. The van der Waals surface area contributed by atoms with E-state index < -0.39 is 11.5 Å². The average molecular weight is 385 g/mol. The number of thioether (sulfide) groups is 1. The molecule has 0 aliphatic carbocycles. The van der Waals surface area contributed by atoms with Gasteiger partial charge in [0.2, 0.25) is 5.91 Å². The van der Waals surface area contributed by atoms with Crippen molar-refractivity contribution in [1.29, 1.82) is 0 Å². The van der Waals surface area contributed by atoms with Crippen LogP contribution in [0.2, 0.25) is 0 Å². The standard InChI is InChI=1S/C15H19N3O5S2/c1-15(9-23-2,6-13(21)22)17-11(19)8-24-7-10-5-12(20)18-3-4-25-14(18)16-10/h3-5H,6-9H2,1-2H3,(H,17,19)(H,21,22). The first-order valence-corrected chi connectivity index (χ1v) is 9.42. The van der Waals surface area contributed by atoms with Gasteiger partial charge in [0, 0.05) is 30.5 Å². The first-order valence-electron chi connectivity index (χ1n) is 7.38. The van der Waals surface area contributed by atoms with Gasteiger partial charge in [-0.3, -0.25) is 18.8 Å². The lowest BCUT2D eigenvalue weighted by atomic mass is 9.99. The number of nitrogens with zero attached hydrogens (tertiary/aromatic N) is 2. The van der Waals surface area contributed by atoms with Gasteiger partial charge < -0.3 is 15.2 Å². The lowest BCUT2D eigenvalue weighted by Gasteiger charge is -2.28. The Bertz CT molecular complexity index is 819. The van der Waals surface area contributed by atoms with Gasteiger partial charge in [-0.1, -0.05) is 0 Å². The molecule has 0 saturated carbocycles. The number of thiazole rings is 1. The SMILES string of the molecule is COCC(C)(CC(=O)O)NC(=O)CSCc1cc(=O)n2ccsc2n1. The Kier molecular flexibility index (Phi) is 6.57. The summed E-state index contributed by atoms with van der Waals surface area (Å²) < 4.78 is 6.46. The number of carboxylic acids is 1. The van der Waals surface area contributed by atoms with Crippen LogP contribution in [0.15, 0.2) is 22.4 Å². The van der Waals surface area contributed by atoms with E-state index in [0.717, 1.165) is 0 Å². The minimum absolute atomic E-state index is 0.100. The van der Waals surface area contributed by atoms with Gasteiger partial charge in [0.1, 0.15) is 0 Å². The molecule has 2 rings (SSSR count). The van der Waals surface area contributed by atoms with Gasteiger partial charge in [-0.15, -0.1) is 23.1 Å². The maximum atomic E-state index is 12.1. The van der Waals surface area contributed by atoms with Crippen molar-refractivity contribution in [3.8, 4) is 0 Å². The number of carbonyl (C=O) groups is 2. The van der Waals surface area contributed by atoms with Gasteiger partial charge in [0.25, 0.3) is 5.56 Å². The summed E-state index contributed by atoms with van der Waals surface area (Å²) in [4.78, 5) is 39.9. The molecule has 2 N–H and O–H groups in total. The van der Waals surface area contributed by atoms with Gasteiger partial charge >= 0.3 is 5.97 Å². The van der Waals surface area contributed by atoms with E-state index in [1.54, 1.807) is 18.5 Å². The normalized spacial score (nSPS) is 13.5. The number of hydrogen-bond acceptors (Lipinski definition) is 7. The van der Waals surface area contributed by atoms with Crippen LogP contribution in [0.3, 0.4) is 0 Å². The number of aliphatic carboxylic acids is 1. The summed E-state index contributed by atoms with van der Waals surface area (Å²) in [7, 11) is 1.45. The molecule has 0 aromatic carbocycles. The zero-order chi connectivity index (χ0) is 18.4. The molecule has 8 nitrogen and oxygen atoms in total. The number of aromatic nitrogens is 2.